The van der Waals surface area contributed by atoms with E-state index in [-0.39, 0.29) is 23.7 Å². The number of hydrogen-bond donors (Lipinski definition) is 2. The van der Waals surface area contributed by atoms with E-state index < -0.39 is 0 Å². The van der Waals surface area contributed by atoms with Crippen LogP contribution in [0.5, 0.6) is 0 Å². The number of anilines is 1. The Hall–Kier alpha value is -1.55. The quantitative estimate of drug-likeness (QED) is 0.805. The molecular weight excluding hydrogens is 324 g/mol. The number of carbonyl (C=O) groups excluding carboxylic acids is 2. The highest BCUT2D eigenvalue weighted by atomic mass is 35.5. The molecule has 2 amide bonds. The maximum atomic E-state index is 12.3. The van der Waals surface area contributed by atoms with E-state index in [2.05, 4.69) is 24.5 Å². The third kappa shape index (κ3) is 5.82. The topological polar surface area (TPSA) is 58.2 Å². The van der Waals surface area contributed by atoms with Crippen LogP contribution in [0.3, 0.4) is 0 Å². The lowest BCUT2D eigenvalue weighted by molar-refractivity contribution is -0.128. The van der Waals surface area contributed by atoms with Gasteiger partial charge < -0.3 is 10.6 Å². The van der Waals surface area contributed by atoms with Crippen LogP contribution in [0, 0.1) is 17.8 Å². The van der Waals surface area contributed by atoms with Crippen molar-refractivity contribution in [2.75, 3.05) is 11.9 Å². The summed E-state index contributed by atoms with van der Waals surface area (Å²) in [6.07, 6.45) is 4.08. The van der Waals surface area contributed by atoms with E-state index in [1.165, 1.54) is 0 Å². The predicted molar refractivity (Wildman–Crippen MR) is 98.0 cm³/mol. The van der Waals surface area contributed by atoms with E-state index in [4.69, 9.17) is 11.6 Å². The normalized spacial score (nSPS) is 20.7. The fourth-order valence-electron chi connectivity index (χ4n) is 3.06. The molecule has 0 heterocycles. The van der Waals surface area contributed by atoms with Gasteiger partial charge in [-0.05, 0) is 56.2 Å². The summed E-state index contributed by atoms with van der Waals surface area (Å²) in [6.45, 7) is 5.04. The van der Waals surface area contributed by atoms with Crippen molar-refractivity contribution in [3.63, 3.8) is 0 Å². The van der Waals surface area contributed by atoms with E-state index in [1.807, 2.05) is 12.1 Å². The fraction of sp³-hybridized carbons (Fsp3) is 0.579. The Labute approximate surface area is 149 Å². The van der Waals surface area contributed by atoms with Crippen LogP contribution >= 0.6 is 11.6 Å². The second kappa shape index (κ2) is 9.07. The summed E-state index contributed by atoms with van der Waals surface area (Å²) in [5, 5.41) is 6.55. The molecule has 4 nitrogen and oxygen atoms in total. The standard InChI is InChI=1S/C19H27ClN2O2/c1-13(2)10-11-21-18(23)14-6-8-15(9-7-14)19(24)22-17-5-3-4-16(20)12-17/h3-5,12-15H,6-11H2,1-2H3,(H,21,23)(H,22,24). The SMILES string of the molecule is CC(C)CCNC(=O)C1CCC(C(=O)Nc2cccc(Cl)c2)CC1. The van der Waals surface area contributed by atoms with Gasteiger partial charge in [0.15, 0.2) is 0 Å². The highest BCUT2D eigenvalue weighted by Crippen LogP contribution is 2.30. The lowest BCUT2D eigenvalue weighted by Crippen LogP contribution is -2.36. The van der Waals surface area contributed by atoms with Crippen LogP contribution in [0.25, 0.3) is 0 Å². The molecule has 0 saturated heterocycles. The van der Waals surface area contributed by atoms with Crippen LogP contribution in [-0.4, -0.2) is 18.4 Å². The Morgan fingerprint density at radius 2 is 1.75 bits per heavy atom. The van der Waals surface area contributed by atoms with Crippen molar-refractivity contribution in [3.05, 3.63) is 29.3 Å². The van der Waals surface area contributed by atoms with Crippen LogP contribution in [0.4, 0.5) is 5.69 Å². The molecule has 1 aromatic rings. The molecule has 0 spiro atoms. The Kier molecular flexibility index (Phi) is 7.10. The molecule has 0 aromatic heterocycles. The van der Waals surface area contributed by atoms with Crippen molar-refractivity contribution in [1.82, 2.24) is 5.32 Å². The number of amides is 2. The van der Waals surface area contributed by atoms with Gasteiger partial charge in [-0.2, -0.15) is 0 Å². The van der Waals surface area contributed by atoms with Crippen molar-refractivity contribution >= 4 is 29.1 Å². The molecule has 1 aliphatic carbocycles. The number of nitrogens with one attached hydrogen (secondary N) is 2. The minimum absolute atomic E-state index is 0.0240. The molecule has 1 fully saturated rings. The van der Waals surface area contributed by atoms with Crippen molar-refractivity contribution in [2.24, 2.45) is 17.8 Å². The molecule has 0 unspecified atom stereocenters. The van der Waals surface area contributed by atoms with Gasteiger partial charge in [-0.1, -0.05) is 31.5 Å². The molecule has 0 radical (unpaired) electrons. The van der Waals surface area contributed by atoms with Crippen LogP contribution in [0.15, 0.2) is 24.3 Å². The van der Waals surface area contributed by atoms with Gasteiger partial charge in [-0.25, -0.2) is 0 Å². The van der Waals surface area contributed by atoms with Gasteiger partial charge in [0, 0.05) is 29.1 Å². The fourth-order valence-corrected chi connectivity index (χ4v) is 3.25. The largest absolute Gasteiger partial charge is 0.356 e. The first kappa shape index (κ1) is 18.8. The van der Waals surface area contributed by atoms with E-state index in [9.17, 15) is 9.59 Å². The van der Waals surface area contributed by atoms with Gasteiger partial charge in [0.05, 0.1) is 0 Å². The first-order chi connectivity index (χ1) is 11.5. The summed E-state index contributed by atoms with van der Waals surface area (Å²) in [4.78, 5) is 24.5. The summed E-state index contributed by atoms with van der Waals surface area (Å²) in [5.74, 6) is 0.785. The Morgan fingerprint density at radius 3 is 2.33 bits per heavy atom. The van der Waals surface area contributed by atoms with Crippen LogP contribution in [0.2, 0.25) is 5.02 Å². The zero-order valence-electron chi connectivity index (χ0n) is 14.5. The molecule has 0 atom stereocenters. The molecule has 1 aromatic carbocycles. The smallest absolute Gasteiger partial charge is 0.227 e. The predicted octanol–water partition coefficient (Wildman–Crippen LogP) is 4.25. The van der Waals surface area contributed by atoms with Gasteiger partial charge in [0.25, 0.3) is 0 Å². The van der Waals surface area contributed by atoms with Gasteiger partial charge >= 0.3 is 0 Å². The van der Waals surface area contributed by atoms with Crippen LogP contribution in [-0.2, 0) is 9.59 Å². The first-order valence-corrected chi connectivity index (χ1v) is 9.17. The van der Waals surface area contributed by atoms with Crippen molar-refractivity contribution in [2.45, 2.75) is 46.0 Å². The average Bonchev–Trinajstić information content (AvgIpc) is 2.54. The van der Waals surface area contributed by atoms with Crippen molar-refractivity contribution in [1.29, 1.82) is 0 Å². The van der Waals surface area contributed by atoms with E-state index in [1.54, 1.807) is 12.1 Å². The molecule has 0 bridgehead atoms. The lowest BCUT2D eigenvalue weighted by atomic mass is 9.81. The highest BCUT2D eigenvalue weighted by Gasteiger charge is 2.29. The number of halogens is 1. The van der Waals surface area contributed by atoms with Crippen molar-refractivity contribution < 1.29 is 9.59 Å². The number of rotatable bonds is 6. The number of benzene rings is 1. The van der Waals surface area contributed by atoms with E-state index >= 15 is 0 Å². The Morgan fingerprint density at radius 1 is 1.12 bits per heavy atom. The first-order valence-electron chi connectivity index (χ1n) is 8.80. The molecule has 1 saturated carbocycles. The second-order valence-electron chi connectivity index (χ2n) is 7.02. The second-order valence-corrected chi connectivity index (χ2v) is 7.46. The molecule has 0 aliphatic heterocycles. The van der Waals surface area contributed by atoms with E-state index in [0.29, 0.717) is 10.9 Å². The zero-order chi connectivity index (χ0) is 17.5. The Balaban J connectivity index is 1.75. The number of hydrogen-bond acceptors (Lipinski definition) is 2. The monoisotopic (exact) mass is 350 g/mol. The van der Waals surface area contributed by atoms with Gasteiger partial charge in [0.1, 0.15) is 0 Å². The van der Waals surface area contributed by atoms with Gasteiger partial charge in [0.2, 0.25) is 11.8 Å². The molecule has 2 rings (SSSR count). The third-order valence-corrected chi connectivity index (χ3v) is 4.82. The summed E-state index contributed by atoms with van der Waals surface area (Å²) in [5.41, 5.74) is 0.723. The molecular formula is C19H27ClN2O2. The van der Waals surface area contributed by atoms with Crippen molar-refractivity contribution in [3.8, 4) is 0 Å². The van der Waals surface area contributed by atoms with E-state index in [0.717, 1.165) is 44.3 Å². The Bertz CT molecular complexity index is 566. The van der Waals surface area contributed by atoms with Crippen LogP contribution < -0.4 is 10.6 Å². The average molecular weight is 351 g/mol. The lowest BCUT2D eigenvalue weighted by Gasteiger charge is -2.27. The molecule has 2 N–H and O–H groups in total. The summed E-state index contributed by atoms with van der Waals surface area (Å²) >= 11 is 5.93. The molecule has 1 aliphatic rings. The molecule has 132 valence electrons. The minimum atomic E-state index is -0.0244. The maximum absolute atomic E-state index is 12.3. The van der Waals surface area contributed by atoms with Crippen LogP contribution in [0.1, 0.15) is 46.0 Å². The minimum Gasteiger partial charge on any atom is -0.356 e. The third-order valence-electron chi connectivity index (χ3n) is 4.58. The molecule has 24 heavy (non-hydrogen) atoms. The van der Waals surface area contributed by atoms with Gasteiger partial charge in [-0.3, -0.25) is 9.59 Å². The summed E-state index contributed by atoms with van der Waals surface area (Å²) in [7, 11) is 0. The summed E-state index contributed by atoms with van der Waals surface area (Å²) < 4.78 is 0. The maximum Gasteiger partial charge on any atom is 0.227 e. The highest BCUT2D eigenvalue weighted by molar-refractivity contribution is 6.30. The summed E-state index contributed by atoms with van der Waals surface area (Å²) in [6, 6.07) is 7.17. The van der Waals surface area contributed by atoms with Gasteiger partial charge in [-0.15, -0.1) is 0 Å². The zero-order valence-corrected chi connectivity index (χ0v) is 15.2. The number of carbonyl (C=O) groups is 2. The molecule has 5 heteroatoms.